The molecule has 0 radical (unpaired) electrons. The summed E-state index contributed by atoms with van der Waals surface area (Å²) in [6.07, 6.45) is 1.06. The summed E-state index contributed by atoms with van der Waals surface area (Å²) in [6, 6.07) is 0. The standard InChI is InChI=1S/C7H14BF3NO.K/c1-12(6-8(9,10)11)5-7-3-2-4-13-7;/h7H,2-6H2,1H3;/q-1;+1. The van der Waals surface area contributed by atoms with Crippen molar-refractivity contribution in [2.24, 2.45) is 0 Å². The van der Waals surface area contributed by atoms with Crippen molar-refractivity contribution in [2.75, 3.05) is 26.6 Å². The van der Waals surface area contributed by atoms with E-state index < -0.39 is 13.4 Å². The molecule has 1 rings (SSSR count). The van der Waals surface area contributed by atoms with Crippen molar-refractivity contribution in [3.8, 4) is 0 Å². The Balaban J connectivity index is 0.00000169. The van der Waals surface area contributed by atoms with E-state index in [1.165, 1.54) is 11.9 Å². The quantitative estimate of drug-likeness (QED) is 0.549. The molecule has 0 spiro atoms. The number of ether oxygens (including phenoxy) is 1. The van der Waals surface area contributed by atoms with Gasteiger partial charge in [0.15, 0.2) is 0 Å². The molecule has 1 atom stereocenters. The first kappa shape index (κ1) is 15.4. The molecule has 1 heterocycles. The number of hydrogen-bond donors (Lipinski definition) is 0. The maximum absolute atomic E-state index is 12.0. The van der Waals surface area contributed by atoms with Crippen molar-refractivity contribution in [1.29, 1.82) is 0 Å². The Morgan fingerprint density at radius 2 is 2.07 bits per heavy atom. The molecule has 1 unspecified atom stereocenters. The summed E-state index contributed by atoms with van der Waals surface area (Å²) in [5.41, 5.74) is 0. The van der Waals surface area contributed by atoms with E-state index in [9.17, 15) is 12.9 Å². The average molecular weight is 235 g/mol. The van der Waals surface area contributed by atoms with Gasteiger partial charge in [-0.3, -0.25) is 0 Å². The predicted octanol–water partition coefficient (Wildman–Crippen LogP) is -1.51. The number of rotatable bonds is 4. The van der Waals surface area contributed by atoms with Gasteiger partial charge >= 0.3 is 58.4 Å². The molecule has 0 saturated carbocycles. The van der Waals surface area contributed by atoms with Gasteiger partial charge in [0.05, 0.1) is 6.10 Å². The SMILES string of the molecule is CN(CC1CCCO1)C[B-](F)(F)F.[K+]. The molecule has 7 heteroatoms. The summed E-state index contributed by atoms with van der Waals surface area (Å²) in [6.45, 7) is -3.62. The van der Waals surface area contributed by atoms with E-state index in [4.69, 9.17) is 4.74 Å². The normalized spacial score (nSPS) is 22.5. The average Bonchev–Trinajstić information content (AvgIpc) is 2.34. The summed E-state index contributed by atoms with van der Waals surface area (Å²) in [5, 5.41) is 0. The van der Waals surface area contributed by atoms with Crippen LogP contribution in [0, 0.1) is 0 Å². The van der Waals surface area contributed by atoms with E-state index in [1.54, 1.807) is 0 Å². The van der Waals surface area contributed by atoms with Crippen molar-refractivity contribution >= 4 is 6.98 Å². The molecular formula is C7H14BF3KNO. The molecular weight excluding hydrogens is 221 g/mol. The van der Waals surface area contributed by atoms with Crippen LogP contribution in [0.2, 0.25) is 0 Å². The van der Waals surface area contributed by atoms with Crippen LogP contribution in [0.1, 0.15) is 12.8 Å². The molecule has 1 saturated heterocycles. The number of nitrogens with zero attached hydrogens (tertiary/aromatic N) is 1. The maximum Gasteiger partial charge on any atom is 1.00 e. The minimum atomic E-state index is -4.70. The fourth-order valence-electron chi connectivity index (χ4n) is 1.56. The fourth-order valence-corrected chi connectivity index (χ4v) is 1.56. The van der Waals surface area contributed by atoms with Gasteiger partial charge in [-0.05, 0) is 26.3 Å². The van der Waals surface area contributed by atoms with Crippen LogP contribution in [0.15, 0.2) is 0 Å². The van der Waals surface area contributed by atoms with E-state index in [-0.39, 0.29) is 57.5 Å². The zero-order valence-corrected chi connectivity index (χ0v) is 11.8. The molecule has 14 heavy (non-hydrogen) atoms. The molecule has 78 valence electrons. The van der Waals surface area contributed by atoms with Crippen molar-refractivity contribution in [3.05, 3.63) is 0 Å². The molecule has 0 aliphatic carbocycles. The van der Waals surface area contributed by atoms with E-state index in [1.807, 2.05) is 0 Å². The molecule has 0 N–H and O–H groups in total. The van der Waals surface area contributed by atoms with Crippen LogP contribution in [0.25, 0.3) is 0 Å². The van der Waals surface area contributed by atoms with Crippen molar-refractivity contribution in [1.82, 2.24) is 4.90 Å². The van der Waals surface area contributed by atoms with Crippen LogP contribution in [0.5, 0.6) is 0 Å². The van der Waals surface area contributed by atoms with Crippen molar-refractivity contribution in [3.63, 3.8) is 0 Å². The van der Waals surface area contributed by atoms with Crippen molar-refractivity contribution in [2.45, 2.75) is 18.9 Å². The molecule has 0 aromatic heterocycles. The zero-order valence-electron chi connectivity index (χ0n) is 8.68. The molecule has 1 fully saturated rings. The van der Waals surface area contributed by atoms with Gasteiger partial charge in [-0.15, -0.1) is 0 Å². The Hall–Kier alpha value is 1.41. The second-order valence-corrected chi connectivity index (χ2v) is 3.57. The van der Waals surface area contributed by atoms with Crippen LogP contribution in [-0.2, 0) is 4.74 Å². The van der Waals surface area contributed by atoms with Crippen LogP contribution < -0.4 is 51.4 Å². The largest absolute Gasteiger partial charge is 1.00 e. The van der Waals surface area contributed by atoms with E-state index in [0.29, 0.717) is 13.2 Å². The minimum absolute atomic E-state index is 0. The topological polar surface area (TPSA) is 12.5 Å². The monoisotopic (exact) mass is 235 g/mol. The smallest absolute Gasteiger partial charge is 0.448 e. The first-order chi connectivity index (χ1) is 5.97. The summed E-state index contributed by atoms with van der Waals surface area (Å²) in [5.74, 6) is 0. The van der Waals surface area contributed by atoms with Gasteiger partial charge in [-0.1, -0.05) is 0 Å². The fraction of sp³-hybridized carbons (Fsp3) is 1.00. The van der Waals surface area contributed by atoms with Gasteiger partial charge in [0.2, 0.25) is 0 Å². The molecule has 2 nitrogen and oxygen atoms in total. The van der Waals surface area contributed by atoms with Crippen LogP contribution in [0.4, 0.5) is 12.9 Å². The summed E-state index contributed by atoms with van der Waals surface area (Å²) in [4.78, 5) is 1.29. The second-order valence-electron chi connectivity index (χ2n) is 3.57. The molecule has 0 amide bonds. The van der Waals surface area contributed by atoms with Crippen LogP contribution in [-0.4, -0.2) is 44.6 Å². The van der Waals surface area contributed by atoms with Gasteiger partial charge in [-0.25, -0.2) is 0 Å². The van der Waals surface area contributed by atoms with Crippen molar-refractivity contribution < 1.29 is 69.1 Å². The third kappa shape index (κ3) is 6.81. The maximum atomic E-state index is 12.0. The van der Waals surface area contributed by atoms with Gasteiger partial charge in [0.25, 0.3) is 0 Å². The molecule has 1 aliphatic heterocycles. The molecule has 0 bridgehead atoms. The Morgan fingerprint density at radius 1 is 1.43 bits per heavy atom. The number of hydrogen-bond acceptors (Lipinski definition) is 2. The number of halogens is 3. The van der Waals surface area contributed by atoms with E-state index >= 15 is 0 Å². The molecule has 0 aromatic carbocycles. The zero-order chi connectivity index (χ0) is 9.90. The third-order valence-corrected chi connectivity index (χ3v) is 2.06. The van der Waals surface area contributed by atoms with E-state index in [2.05, 4.69) is 0 Å². The van der Waals surface area contributed by atoms with Gasteiger partial charge < -0.3 is 22.6 Å². The van der Waals surface area contributed by atoms with E-state index in [0.717, 1.165) is 12.8 Å². The molecule has 1 aliphatic rings. The van der Waals surface area contributed by atoms with Gasteiger partial charge in [0, 0.05) is 13.2 Å². The van der Waals surface area contributed by atoms with Gasteiger partial charge in [-0.2, -0.15) is 0 Å². The minimum Gasteiger partial charge on any atom is -0.448 e. The van der Waals surface area contributed by atoms with Crippen LogP contribution >= 0.6 is 0 Å². The Kier molecular flexibility index (Phi) is 7.57. The van der Waals surface area contributed by atoms with Crippen LogP contribution in [0.3, 0.4) is 0 Å². The third-order valence-electron chi connectivity index (χ3n) is 2.06. The predicted molar refractivity (Wildman–Crippen MR) is 45.5 cm³/mol. The Morgan fingerprint density at radius 3 is 2.50 bits per heavy atom. The molecule has 0 aromatic rings. The summed E-state index contributed by atoms with van der Waals surface area (Å²) in [7, 11) is 1.48. The second kappa shape index (κ2) is 6.88. The Labute approximate surface area is 125 Å². The first-order valence-electron chi connectivity index (χ1n) is 4.48. The first-order valence-corrected chi connectivity index (χ1v) is 4.48. The Bertz CT molecular complexity index is 164. The summed E-state index contributed by atoms with van der Waals surface area (Å²) < 4.78 is 41.1. The number of likely N-dealkylation sites (N-methyl/N-ethyl adjacent to an activating group) is 1. The van der Waals surface area contributed by atoms with Gasteiger partial charge in [0.1, 0.15) is 0 Å². The summed E-state index contributed by atoms with van der Waals surface area (Å²) >= 11 is 0.